The molecule has 2 heterocycles. The molecule has 0 radical (unpaired) electrons. The normalized spacial score (nSPS) is 24.1. The molecule has 3 rings (SSSR count). The highest BCUT2D eigenvalue weighted by atomic mass is 35.5. The van der Waals surface area contributed by atoms with Crippen LogP contribution in [0, 0.1) is 0 Å². The average molecular weight is 241 g/mol. The molecule has 2 aliphatic rings. The van der Waals surface area contributed by atoms with Crippen molar-refractivity contribution >= 4 is 34.7 Å². The number of hydrogen-bond acceptors (Lipinski definition) is 3. The Bertz CT molecular complexity index is 383. The van der Waals surface area contributed by atoms with E-state index < -0.39 is 0 Å². The van der Waals surface area contributed by atoms with Crippen LogP contribution in [0.4, 0.5) is 11.4 Å². The molecule has 1 aromatic rings. The standard InChI is InChI=1S/C11H13ClN2S/c12-8-1-2-10-11(5-8)14-3-4-15-7-9(14)6-13-10/h1-2,5,9,13H,3-4,6-7H2. The maximum absolute atomic E-state index is 6.05. The van der Waals surface area contributed by atoms with Crippen molar-refractivity contribution in [1.29, 1.82) is 0 Å². The largest absolute Gasteiger partial charge is 0.381 e. The molecule has 1 fully saturated rings. The minimum atomic E-state index is 0.634. The fourth-order valence-corrected chi connectivity index (χ4v) is 3.49. The second kappa shape index (κ2) is 3.80. The smallest absolute Gasteiger partial charge is 0.0620 e. The summed E-state index contributed by atoms with van der Waals surface area (Å²) in [5.41, 5.74) is 2.50. The second-order valence-electron chi connectivity index (χ2n) is 3.96. The van der Waals surface area contributed by atoms with Gasteiger partial charge in [-0.1, -0.05) is 11.6 Å². The molecule has 0 spiro atoms. The summed E-state index contributed by atoms with van der Waals surface area (Å²) in [5, 5.41) is 4.30. The lowest BCUT2D eigenvalue weighted by Crippen LogP contribution is -2.49. The lowest BCUT2D eigenvalue weighted by atomic mass is 10.1. The van der Waals surface area contributed by atoms with E-state index >= 15 is 0 Å². The molecule has 4 heteroatoms. The number of rotatable bonds is 0. The Balaban J connectivity index is 2.01. The van der Waals surface area contributed by atoms with Gasteiger partial charge < -0.3 is 10.2 Å². The van der Waals surface area contributed by atoms with Crippen molar-refractivity contribution < 1.29 is 0 Å². The van der Waals surface area contributed by atoms with Crippen LogP contribution in [0.1, 0.15) is 0 Å². The lowest BCUT2D eigenvalue weighted by Gasteiger charge is -2.42. The summed E-state index contributed by atoms with van der Waals surface area (Å²) >= 11 is 8.09. The summed E-state index contributed by atoms with van der Waals surface area (Å²) in [4.78, 5) is 2.49. The number of anilines is 2. The van der Waals surface area contributed by atoms with Gasteiger partial charge in [0.05, 0.1) is 17.4 Å². The van der Waals surface area contributed by atoms with Gasteiger partial charge in [0.15, 0.2) is 0 Å². The molecule has 1 N–H and O–H groups in total. The van der Waals surface area contributed by atoms with E-state index in [0.29, 0.717) is 6.04 Å². The van der Waals surface area contributed by atoms with Crippen molar-refractivity contribution in [3.63, 3.8) is 0 Å². The summed E-state index contributed by atoms with van der Waals surface area (Å²) in [6, 6.07) is 6.74. The quantitative estimate of drug-likeness (QED) is 0.751. The van der Waals surface area contributed by atoms with E-state index in [1.807, 2.05) is 17.8 Å². The van der Waals surface area contributed by atoms with E-state index in [1.54, 1.807) is 0 Å². The van der Waals surface area contributed by atoms with Crippen LogP contribution < -0.4 is 10.2 Å². The topological polar surface area (TPSA) is 15.3 Å². The minimum absolute atomic E-state index is 0.634. The summed E-state index contributed by atoms with van der Waals surface area (Å²) < 4.78 is 0. The van der Waals surface area contributed by atoms with Gasteiger partial charge in [0, 0.05) is 29.6 Å². The van der Waals surface area contributed by atoms with Crippen LogP contribution in [0.3, 0.4) is 0 Å². The molecule has 15 heavy (non-hydrogen) atoms. The predicted molar refractivity (Wildman–Crippen MR) is 68.4 cm³/mol. The molecule has 0 amide bonds. The number of fused-ring (bicyclic) bond motifs is 3. The average Bonchev–Trinajstić information content (AvgIpc) is 2.29. The third kappa shape index (κ3) is 1.68. The van der Waals surface area contributed by atoms with E-state index in [4.69, 9.17) is 11.6 Å². The number of benzene rings is 1. The summed E-state index contributed by atoms with van der Waals surface area (Å²) in [7, 11) is 0. The zero-order chi connectivity index (χ0) is 10.3. The van der Waals surface area contributed by atoms with Gasteiger partial charge in [-0.05, 0) is 18.2 Å². The van der Waals surface area contributed by atoms with Gasteiger partial charge in [0.1, 0.15) is 0 Å². The van der Waals surface area contributed by atoms with Gasteiger partial charge in [-0.15, -0.1) is 0 Å². The fourth-order valence-electron chi connectivity index (χ4n) is 2.26. The molecule has 1 saturated heterocycles. The van der Waals surface area contributed by atoms with E-state index in [9.17, 15) is 0 Å². The van der Waals surface area contributed by atoms with Gasteiger partial charge >= 0.3 is 0 Å². The lowest BCUT2D eigenvalue weighted by molar-refractivity contribution is 0.656. The Labute approximate surface area is 99.0 Å². The van der Waals surface area contributed by atoms with E-state index in [1.165, 1.54) is 22.9 Å². The Kier molecular flexibility index (Phi) is 2.45. The van der Waals surface area contributed by atoms with Crippen molar-refractivity contribution in [2.75, 3.05) is 34.8 Å². The molecule has 1 unspecified atom stereocenters. The molecular weight excluding hydrogens is 228 g/mol. The number of nitrogens with zero attached hydrogens (tertiary/aromatic N) is 1. The molecule has 1 atom stereocenters. The number of halogens is 1. The van der Waals surface area contributed by atoms with Crippen LogP contribution in [-0.4, -0.2) is 30.6 Å². The monoisotopic (exact) mass is 240 g/mol. The van der Waals surface area contributed by atoms with E-state index in [-0.39, 0.29) is 0 Å². The highest BCUT2D eigenvalue weighted by molar-refractivity contribution is 7.99. The maximum Gasteiger partial charge on any atom is 0.0620 e. The van der Waals surface area contributed by atoms with Crippen LogP contribution in [0.2, 0.25) is 5.02 Å². The number of nitrogens with one attached hydrogen (secondary N) is 1. The van der Waals surface area contributed by atoms with Crippen LogP contribution in [0.25, 0.3) is 0 Å². The predicted octanol–water partition coefficient (Wildman–Crippen LogP) is 2.69. The molecule has 2 nitrogen and oxygen atoms in total. The Hall–Kier alpha value is -0.540. The molecule has 0 aliphatic carbocycles. The van der Waals surface area contributed by atoms with Gasteiger partial charge in [0.2, 0.25) is 0 Å². The van der Waals surface area contributed by atoms with Gasteiger partial charge in [-0.3, -0.25) is 0 Å². The van der Waals surface area contributed by atoms with Crippen molar-refractivity contribution in [1.82, 2.24) is 0 Å². The van der Waals surface area contributed by atoms with Crippen LogP contribution in [-0.2, 0) is 0 Å². The highest BCUT2D eigenvalue weighted by Crippen LogP contribution is 2.36. The first kappa shape index (κ1) is 9.67. The van der Waals surface area contributed by atoms with Crippen molar-refractivity contribution in [2.45, 2.75) is 6.04 Å². The first-order valence-corrected chi connectivity index (χ1v) is 6.76. The third-order valence-corrected chi connectivity index (χ3v) is 4.35. The zero-order valence-electron chi connectivity index (χ0n) is 8.37. The minimum Gasteiger partial charge on any atom is -0.381 e. The first-order chi connectivity index (χ1) is 7.34. The SMILES string of the molecule is Clc1ccc2c(c1)N1CCSCC1CN2. The molecule has 0 aromatic heterocycles. The molecule has 0 saturated carbocycles. The van der Waals surface area contributed by atoms with E-state index in [2.05, 4.69) is 22.3 Å². The molecule has 2 aliphatic heterocycles. The van der Waals surface area contributed by atoms with E-state index in [0.717, 1.165) is 18.1 Å². The fraction of sp³-hybridized carbons (Fsp3) is 0.455. The number of hydrogen-bond donors (Lipinski definition) is 1. The number of thioether (sulfide) groups is 1. The summed E-state index contributed by atoms with van der Waals surface area (Å²) in [6.45, 7) is 2.20. The second-order valence-corrected chi connectivity index (χ2v) is 5.55. The zero-order valence-corrected chi connectivity index (χ0v) is 9.94. The van der Waals surface area contributed by atoms with Gasteiger partial charge in [-0.25, -0.2) is 0 Å². The third-order valence-electron chi connectivity index (χ3n) is 3.02. The molecule has 1 aromatic carbocycles. The van der Waals surface area contributed by atoms with Crippen molar-refractivity contribution in [3.05, 3.63) is 23.2 Å². The first-order valence-electron chi connectivity index (χ1n) is 5.22. The van der Waals surface area contributed by atoms with Crippen molar-refractivity contribution in [2.24, 2.45) is 0 Å². The summed E-state index contributed by atoms with van der Waals surface area (Å²) in [6.07, 6.45) is 0. The van der Waals surface area contributed by atoms with Crippen LogP contribution in [0.5, 0.6) is 0 Å². The molecule has 0 bridgehead atoms. The van der Waals surface area contributed by atoms with Gasteiger partial charge in [-0.2, -0.15) is 11.8 Å². The highest BCUT2D eigenvalue weighted by Gasteiger charge is 2.28. The maximum atomic E-state index is 6.05. The van der Waals surface area contributed by atoms with Crippen LogP contribution >= 0.6 is 23.4 Å². The Morgan fingerprint density at radius 3 is 3.33 bits per heavy atom. The molecule has 80 valence electrons. The molecular formula is C11H13ClN2S. The van der Waals surface area contributed by atoms with Gasteiger partial charge in [0.25, 0.3) is 0 Å². The Morgan fingerprint density at radius 2 is 2.40 bits per heavy atom. The van der Waals surface area contributed by atoms with Crippen molar-refractivity contribution in [3.8, 4) is 0 Å². The Morgan fingerprint density at radius 1 is 1.47 bits per heavy atom. The van der Waals surface area contributed by atoms with Crippen LogP contribution in [0.15, 0.2) is 18.2 Å². The summed E-state index contributed by atoms with van der Waals surface area (Å²) in [5.74, 6) is 2.45.